The highest BCUT2D eigenvalue weighted by Gasteiger charge is 2.30. The molecule has 0 saturated carbocycles. The first kappa shape index (κ1) is 10.5. The Morgan fingerprint density at radius 3 is 3.00 bits per heavy atom. The molecule has 6 heteroatoms. The van der Waals surface area contributed by atoms with Crippen molar-refractivity contribution in [1.82, 2.24) is 20.3 Å². The molecular weight excluding hydrogens is 284 g/mol. The largest absolute Gasteiger partial charge is 0.344 e. The first-order valence-electron chi connectivity index (χ1n) is 5.10. The molecule has 0 unspecified atom stereocenters. The lowest BCUT2D eigenvalue weighted by Crippen LogP contribution is -2.35. The number of hydrogen-bond donors (Lipinski definition) is 2. The zero-order valence-electron chi connectivity index (χ0n) is 8.99. The molecule has 17 heavy (non-hydrogen) atoms. The van der Waals surface area contributed by atoms with E-state index in [1.54, 1.807) is 12.4 Å². The Kier molecular flexibility index (Phi) is 2.09. The van der Waals surface area contributed by atoms with Gasteiger partial charge in [0.2, 0.25) is 0 Å². The number of amides is 1. The minimum absolute atomic E-state index is 0.156. The number of halogens is 1. The predicted molar refractivity (Wildman–Crippen MR) is 66.6 cm³/mol. The molecule has 0 spiro atoms. The molecule has 2 heterocycles. The number of aromatic nitrogens is 3. The number of nitrogens with one attached hydrogen (secondary N) is 2. The van der Waals surface area contributed by atoms with Crippen LogP contribution in [0, 0.1) is 0 Å². The van der Waals surface area contributed by atoms with Crippen LogP contribution in [0.4, 0.5) is 0 Å². The standard InChI is InChI=1S/C11H9BrN4O/c1-11(2-3-11)16-10(17)6-4-13-9-8(6)15-7(12)5-14-9/h2-5H,1H3,(H,13,14)(H,16,17). The van der Waals surface area contributed by atoms with Gasteiger partial charge in [0.15, 0.2) is 5.65 Å². The predicted octanol–water partition coefficient (Wildman–Crippen LogP) is 1.78. The lowest BCUT2D eigenvalue weighted by molar-refractivity contribution is 0.0942. The Morgan fingerprint density at radius 1 is 1.53 bits per heavy atom. The van der Waals surface area contributed by atoms with Crippen LogP contribution in [0.1, 0.15) is 17.3 Å². The summed E-state index contributed by atoms with van der Waals surface area (Å²) in [5.41, 5.74) is 1.40. The Morgan fingerprint density at radius 2 is 2.29 bits per heavy atom. The fourth-order valence-corrected chi connectivity index (χ4v) is 1.84. The van der Waals surface area contributed by atoms with Crippen molar-refractivity contribution in [2.75, 3.05) is 0 Å². The highest BCUT2D eigenvalue weighted by Crippen LogP contribution is 2.23. The summed E-state index contributed by atoms with van der Waals surface area (Å²) in [7, 11) is 0. The molecule has 0 bridgehead atoms. The van der Waals surface area contributed by atoms with E-state index in [0.717, 1.165) is 0 Å². The van der Waals surface area contributed by atoms with Gasteiger partial charge < -0.3 is 10.3 Å². The van der Waals surface area contributed by atoms with Gasteiger partial charge in [-0.15, -0.1) is 0 Å². The maximum Gasteiger partial charge on any atom is 0.256 e. The van der Waals surface area contributed by atoms with E-state index >= 15 is 0 Å². The van der Waals surface area contributed by atoms with Gasteiger partial charge in [-0.3, -0.25) is 4.79 Å². The summed E-state index contributed by atoms with van der Waals surface area (Å²) in [5.74, 6) is -0.156. The molecule has 1 aliphatic carbocycles. The van der Waals surface area contributed by atoms with Crippen LogP contribution in [0.2, 0.25) is 0 Å². The van der Waals surface area contributed by atoms with E-state index in [1.165, 1.54) is 0 Å². The van der Waals surface area contributed by atoms with E-state index in [1.807, 2.05) is 19.1 Å². The average Bonchev–Trinajstić information content (AvgIpc) is 2.86. The smallest absolute Gasteiger partial charge is 0.256 e. The van der Waals surface area contributed by atoms with Crippen molar-refractivity contribution >= 4 is 33.0 Å². The van der Waals surface area contributed by atoms with Crippen molar-refractivity contribution in [1.29, 1.82) is 0 Å². The Hall–Kier alpha value is -1.69. The average molecular weight is 293 g/mol. The number of hydrogen-bond acceptors (Lipinski definition) is 3. The summed E-state index contributed by atoms with van der Waals surface area (Å²) < 4.78 is 0.606. The Labute approximate surface area is 105 Å². The molecule has 86 valence electrons. The van der Waals surface area contributed by atoms with Gasteiger partial charge in [0.1, 0.15) is 10.1 Å². The number of carbonyl (C=O) groups is 1. The van der Waals surface area contributed by atoms with E-state index in [-0.39, 0.29) is 11.4 Å². The molecule has 1 amide bonds. The SMILES string of the molecule is CC1(NC(=O)c2c[nH]c3ncc(Br)nc23)C=C1. The molecule has 0 atom stereocenters. The molecule has 0 radical (unpaired) electrons. The normalized spacial score (nSPS) is 16.1. The van der Waals surface area contributed by atoms with Crippen LogP contribution in [-0.4, -0.2) is 26.4 Å². The van der Waals surface area contributed by atoms with Crippen LogP contribution in [0.15, 0.2) is 29.1 Å². The quantitative estimate of drug-likeness (QED) is 0.829. The highest BCUT2D eigenvalue weighted by atomic mass is 79.9. The topological polar surface area (TPSA) is 70.7 Å². The number of carbonyl (C=O) groups excluding carboxylic acids is 1. The monoisotopic (exact) mass is 292 g/mol. The third-order valence-electron chi connectivity index (χ3n) is 2.65. The number of H-pyrrole nitrogens is 1. The fraction of sp³-hybridized carbons (Fsp3) is 0.182. The highest BCUT2D eigenvalue weighted by molar-refractivity contribution is 9.10. The maximum absolute atomic E-state index is 12.0. The van der Waals surface area contributed by atoms with Crippen LogP contribution in [-0.2, 0) is 0 Å². The van der Waals surface area contributed by atoms with E-state index in [4.69, 9.17) is 0 Å². The Balaban J connectivity index is 1.99. The van der Waals surface area contributed by atoms with Crippen molar-refractivity contribution < 1.29 is 4.79 Å². The number of fused-ring (bicyclic) bond motifs is 1. The minimum Gasteiger partial charge on any atom is -0.344 e. The Bertz CT molecular complexity index is 640. The van der Waals surface area contributed by atoms with Crippen LogP contribution < -0.4 is 5.32 Å². The van der Waals surface area contributed by atoms with Gasteiger partial charge >= 0.3 is 0 Å². The summed E-state index contributed by atoms with van der Waals surface area (Å²) in [6.45, 7) is 1.93. The summed E-state index contributed by atoms with van der Waals surface area (Å²) in [6, 6.07) is 0. The van der Waals surface area contributed by atoms with Gasteiger partial charge in [-0.25, -0.2) is 9.97 Å². The molecule has 0 saturated heterocycles. The van der Waals surface area contributed by atoms with Crippen molar-refractivity contribution in [3.05, 3.63) is 34.7 Å². The molecule has 0 aromatic carbocycles. The third-order valence-corrected chi connectivity index (χ3v) is 3.03. The second kappa shape index (κ2) is 3.40. The van der Waals surface area contributed by atoms with Crippen molar-refractivity contribution in [3.8, 4) is 0 Å². The molecule has 5 nitrogen and oxygen atoms in total. The lowest BCUT2D eigenvalue weighted by Gasteiger charge is -2.10. The zero-order chi connectivity index (χ0) is 12.0. The van der Waals surface area contributed by atoms with Crippen molar-refractivity contribution in [2.45, 2.75) is 12.5 Å². The lowest BCUT2D eigenvalue weighted by atomic mass is 10.2. The third kappa shape index (κ3) is 1.84. The first-order chi connectivity index (χ1) is 8.07. The van der Waals surface area contributed by atoms with Gasteiger partial charge in [0.05, 0.1) is 17.3 Å². The summed E-state index contributed by atoms with van der Waals surface area (Å²) in [4.78, 5) is 23.3. The number of aromatic amines is 1. The second-order valence-corrected chi connectivity index (χ2v) is 4.97. The summed E-state index contributed by atoms with van der Waals surface area (Å²) in [6.07, 6.45) is 7.07. The molecular formula is C11H9BrN4O. The van der Waals surface area contributed by atoms with Gasteiger partial charge in [0.25, 0.3) is 5.91 Å². The van der Waals surface area contributed by atoms with Crippen LogP contribution in [0.3, 0.4) is 0 Å². The molecule has 2 aromatic heterocycles. The second-order valence-electron chi connectivity index (χ2n) is 4.16. The van der Waals surface area contributed by atoms with Gasteiger partial charge in [-0.1, -0.05) is 12.2 Å². The zero-order valence-corrected chi connectivity index (χ0v) is 10.6. The van der Waals surface area contributed by atoms with Crippen LogP contribution >= 0.6 is 15.9 Å². The summed E-state index contributed by atoms with van der Waals surface area (Å²) >= 11 is 3.24. The van der Waals surface area contributed by atoms with Crippen molar-refractivity contribution in [2.24, 2.45) is 0 Å². The fourth-order valence-electron chi connectivity index (χ4n) is 1.56. The molecule has 1 aliphatic rings. The maximum atomic E-state index is 12.0. The minimum atomic E-state index is -0.278. The molecule has 0 aliphatic heterocycles. The van der Waals surface area contributed by atoms with E-state index < -0.39 is 0 Å². The van der Waals surface area contributed by atoms with E-state index in [9.17, 15) is 4.79 Å². The van der Waals surface area contributed by atoms with E-state index in [0.29, 0.717) is 21.3 Å². The molecule has 0 fully saturated rings. The molecule has 2 aromatic rings. The van der Waals surface area contributed by atoms with Crippen molar-refractivity contribution in [3.63, 3.8) is 0 Å². The van der Waals surface area contributed by atoms with Gasteiger partial charge in [0, 0.05) is 6.20 Å². The van der Waals surface area contributed by atoms with Gasteiger partial charge in [-0.05, 0) is 22.9 Å². The van der Waals surface area contributed by atoms with Crippen LogP contribution in [0.25, 0.3) is 11.2 Å². The molecule has 2 N–H and O–H groups in total. The van der Waals surface area contributed by atoms with Crippen LogP contribution in [0.5, 0.6) is 0 Å². The van der Waals surface area contributed by atoms with E-state index in [2.05, 4.69) is 36.2 Å². The van der Waals surface area contributed by atoms with Gasteiger partial charge in [-0.2, -0.15) is 0 Å². The number of nitrogens with zero attached hydrogens (tertiary/aromatic N) is 2. The molecule has 3 rings (SSSR count). The first-order valence-corrected chi connectivity index (χ1v) is 5.89. The number of rotatable bonds is 2. The summed E-state index contributed by atoms with van der Waals surface area (Å²) in [5, 5.41) is 2.89.